The topological polar surface area (TPSA) is 39.7 Å². The van der Waals surface area contributed by atoms with Gasteiger partial charge in [-0.3, -0.25) is 0 Å². The fourth-order valence-corrected chi connectivity index (χ4v) is 2.34. The molecule has 0 bridgehead atoms. The predicted molar refractivity (Wildman–Crippen MR) is 100 cm³/mol. The maximum atomic E-state index is 6.11. The second-order valence-electron chi connectivity index (χ2n) is 7.28. The van der Waals surface area contributed by atoms with Gasteiger partial charge in [-0.1, -0.05) is 19.9 Å². The monoisotopic (exact) mass is 337 g/mol. The molecule has 4 heteroatoms. The molecule has 24 heavy (non-hydrogen) atoms. The van der Waals surface area contributed by atoms with Gasteiger partial charge in [0, 0.05) is 12.6 Å². The van der Waals surface area contributed by atoms with E-state index in [0.29, 0.717) is 6.04 Å². The minimum absolute atomic E-state index is 0.0185. The van der Waals surface area contributed by atoms with Crippen molar-refractivity contribution in [3.8, 4) is 11.5 Å². The molecule has 0 saturated heterocycles. The van der Waals surface area contributed by atoms with Crippen LogP contribution in [0.5, 0.6) is 11.5 Å². The summed E-state index contributed by atoms with van der Waals surface area (Å²) in [7, 11) is 0. The van der Waals surface area contributed by atoms with E-state index >= 15 is 0 Å². The highest BCUT2D eigenvalue weighted by atomic mass is 16.5. The molecule has 0 aliphatic carbocycles. The van der Waals surface area contributed by atoms with E-state index in [9.17, 15) is 0 Å². The number of ether oxygens (including phenoxy) is 3. The highest BCUT2D eigenvalue weighted by Gasteiger charge is 2.18. The molecule has 1 aromatic carbocycles. The smallest absolute Gasteiger partial charge is 0.161 e. The number of hydrogen-bond acceptors (Lipinski definition) is 4. The van der Waals surface area contributed by atoms with Crippen LogP contribution in [0.25, 0.3) is 0 Å². The molecule has 4 nitrogen and oxygen atoms in total. The fraction of sp³-hybridized carbons (Fsp3) is 0.700. The third kappa shape index (κ3) is 7.54. The number of nitrogens with one attached hydrogen (secondary N) is 1. The Labute approximate surface area is 147 Å². The van der Waals surface area contributed by atoms with Crippen molar-refractivity contribution in [2.45, 2.75) is 85.8 Å². The lowest BCUT2D eigenvalue weighted by Gasteiger charge is -2.24. The van der Waals surface area contributed by atoms with Crippen LogP contribution in [0, 0.1) is 0 Å². The van der Waals surface area contributed by atoms with Gasteiger partial charge in [0.25, 0.3) is 0 Å². The van der Waals surface area contributed by atoms with Crippen LogP contribution in [0.1, 0.15) is 67.1 Å². The zero-order chi connectivity index (χ0) is 18.3. The average molecular weight is 338 g/mol. The van der Waals surface area contributed by atoms with E-state index in [4.69, 9.17) is 14.2 Å². The summed E-state index contributed by atoms with van der Waals surface area (Å²) in [6.07, 6.45) is 0.337. The third-order valence-electron chi connectivity index (χ3n) is 3.21. The van der Waals surface area contributed by atoms with Crippen molar-refractivity contribution in [2.24, 2.45) is 0 Å². The fourth-order valence-electron chi connectivity index (χ4n) is 2.34. The van der Waals surface area contributed by atoms with E-state index in [1.54, 1.807) is 0 Å². The minimum Gasteiger partial charge on any atom is -0.487 e. The normalized spacial score (nSPS) is 13.2. The van der Waals surface area contributed by atoms with Crippen molar-refractivity contribution in [3.05, 3.63) is 23.8 Å². The molecule has 0 heterocycles. The average Bonchev–Trinajstić information content (AvgIpc) is 2.43. The lowest BCUT2D eigenvalue weighted by atomic mass is 10.1. The molecular weight excluding hydrogens is 302 g/mol. The Bertz CT molecular complexity index is 484. The maximum absolute atomic E-state index is 6.11. The van der Waals surface area contributed by atoms with Gasteiger partial charge in [-0.2, -0.15) is 0 Å². The van der Waals surface area contributed by atoms with Crippen molar-refractivity contribution in [1.82, 2.24) is 5.32 Å². The highest BCUT2D eigenvalue weighted by molar-refractivity contribution is 5.44. The maximum Gasteiger partial charge on any atom is 0.161 e. The summed E-state index contributed by atoms with van der Waals surface area (Å²) in [4.78, 5) is 0. The van der Waals surface area contributed by atoms with Gasteiger partial charge >= 0.3 is 0 Å². The predicted octanol–water partition coefficient (Wildman–Crippen LogP) is 4.73. The van der Waals surface area contributed by atoms with Crippen LogP contribution >= 0.6 is 0 Å². The Morgan fingerprint density at radius 3 is 1.88 bits per heavy atom. The standard InChI is InChI=1S/C20H35NO3/c1-13(2)21-12-20(24-16(7)8)17-9-10-18(22-14(3)4)19(11-17)23-15(5)6/h9-11,13-16,20-21H,12H2,1-8H3. The first kappa shape index (κ1) is 20.8. The molecule has 1 N–H and O–H groups in total. The molecule has 1 rings (SSSR count). The summed E-state index contributed by atoms with van der Waals surface area (Å²) in [6, 6.07) is 6.52. The minimum atomic E-state index is -0.0185. The molecule has 0 spiro atoms. The molecule has 1 atom stereocenters. The second-order valence-corrected chi connectivity index (χ2v) is 7.28. The van der Waals surface area contributed by atoms with Crippen LogP contribution in [-0.2, 0) is 4.74 Å². The molecule has 138 valence electrons. The Morgan fingerprint density at radius 2 is 1.38 bits per heavy atom. The van der Waals surface area contributed by atoms with Gasteiger partial charge in [0.1, 0.15) is 0 Å². The molecule has 1 unspecified atom stereocenters. The summed E-state index contributed by atoms with van der Waals surface area (Å²) in [5.41, 5.74) is 1.10. The summed E-state index contributed by atoms with van der Waals surface area (Å²) in [6.45, 7) is 17.2. The summed E-state index contributed by atoms with van der Waals surface area (Å²) >= 11 is 0. The molecule has 0 saturated carbocycles. The van der Waals surface area contributed by atoms with Crippen LogP contribution in [0.2, 0.25) is 0 Å². The largest absolute Gasteiger partial charge is 0.487 e. The van der Waals surface area contributed by atoms with Crippen LogP contribution in [0.4, 0.5) is 0 Å². The van der Waals surface area contributed by atoms with Gasteiger partial charge in [0.05, 0.1) is 24.4 Å². The first-order chi connectivity index (χ1) is 11.2. The van der Waals surface area contributed by atoms with Crippen molar-refractivity contribution in [2.75, 3.05) is 6.54 Å². The lowest BCUT2D eigenvalue weighted by Crippen LogP contribution is -2.30. The number of benzene rings is 1. The Morgan fingerprint density at radius 1 is 0.792 bits per heavy atom. The SMILES string of the molecule is CC(C)NCC(OC(C)C)c1ccc(OC(C)C)c(OC(C)C)c1. The second kappa shape index (κ2) is 9.90. The van der Waals surface area contributed by atoms with Crippen LogP contribution in [-0.4, -0.2) is 30.9 Å². The molecule has 0 amide bonds. The Hall–Kier alpha value is -1.26. The Balaban J connectivity index is 3.08. The van der Waals surface area contributed by atoms with E-state index in [0.717, 1.165) is 23.6 Å². The van der Waals surface area contributed by atoms with Gasteiger partial charge in [-0.15, -0.1) is 0 Å². The Kier molecular flexibility index (Phi) is 8.57. The van der Waals surface area contributed by atoms with Gasteiger partial charge in [-0.25, -0.2) is 0 Å². The quantitative estimate of drug-likeness (QED) is 0.670. The van der Waals surface area contributed by atoms with Crippen molar-refractivity contribution in [1.29, 1.82) is 0 Å². The van der Waals surface area contributed by atoms with E-state index in [1.165, 1.54) is 0 Å². The molecular formula is C20H35NO3. The van der Waals surface area contributed by atoms with Crippen LogP contribution in [0.3, 0.4) is 0 Å². The lowest BCUT2D eigenvalue weighted by molar-refractivity contribution is 0.00596. The first-order valence-corrected chi connectivity index (χ1v) is 9.05. The van der Waals surface area contributed by atoms with Crippen LogP contribution in [0.15, 0.2) is 18.2 Å². The van der Waals surface area contributed by atoms with E-state index in [1.807, 2.05) is 39.8 Å². The zero-order valence-electron chi connectivity index (χ0n) is 16.6. The zero-order valence-corrected chi connectivity index (χ0v) is 16.6. The molecule has 0 radical (unpaired) electrons. The summed E-state index contributed by atoms with van der Waals surface area (Å²) < 4.78 is 18.0. The highest BCUT2D eigenvalue weighted by Crippen LogP contribution is 2.33. The molecule has 0 aliphatic heterocycles. The number of hydrogen-bond donors (Lipinski definition) is 1. The van der Waals surface area contributed by atoms with Crippen LogP contribution < -0.4 is 14.8 Å². The first-order valence-electron chi connectivity index (χ1n) is 9.05. The van der Waals surface area contributed by atoms with E-state index in [-0.39, 0.29) is 24.4 Å². The van der Waals surface area contributed by atoms with Crippen molar-refractivity contribution < 1.29 is 14.2 Å². The summed E-state index contributed by atoms with van der Waals surface area (Å²) in [5, 5.41) is 3.46. The van der Waals surface area contributed by atoms with Gasteiger partial charge < -0.3 is 19.5 Å². The molecule has 0 aromatic heterocycles. The molecule has 0 aliphatic rings. The summed E-state index contributed by atoms with van der Waals surface area (Å²) in [5.74, 6) is 1.56. The van der Waals surface area contributed by atoms with Crippen molar-refractivity contribution >= 4 is 0 Å². The van der Waals surface area contributed by atoms with E-state index < -0.39 is 0 Å². The molecule has 1 aromatic rings. The number of rotatable bonds is 10. The van der Waals surface area contributed by atoms with E-state index in [2.05, 4.69) is 39.1 Å². The van der Waals surface area contributed by atoms with Gasteiger partial charge in [0.2, 0.25) is 0 Å². The molecule has 0 fully saturated rings. The third-order valence-corrected chi connectivity index (χ3v) is 3.21. The van der Waals surface area contributed by atoms with Crippen molar-refractivity contribution in [3.63, 3.8) is 0 Å². The van der Waals surface area contributed by atoms with Gasteiger partial charge in [0.15, 0.2) is 11.5 Å². The van der Waals surface area contributed by atoms with Gasteiger partial charge in [-0.05, 0) is 59.2 Å².